The molecule has 0 radical (unpaired) electrons. The predicted molar refractivity (Wildman–Crippen MR) is 128 cm³/mol. The zero-order valence-electron chi connectivity index (χ0n) is 18.2. The quantitative estimate of drug-likeness (QED) is 0.403. The molecule has 5 rings (SSSR count). The van der Waals surface area contributed by atoms with Crippen LogP contribution in [0.3, 0.4) is 0 Å². The molecule has 0 aliphatic carbocycles. The van der Waals surface area contributed by atoms with Crippen LogP contribution >= 0.6 is 12.6 Å². The van der Waals surface area contributed by atoms with Gasteiger partial charge in [0.25, 0.3) is 0 Å². The lowest BCUT2D eigenvalue weighted by atomic mass is 9.97. The summed E-state index contributed by atoms with van der Waals surface area (Å²) in [6, 6.07) is 13.9. The Bertz CT molecular complexity index is 1140. The number of nitrogens with zero attached hydrogens (tertiary/aromatic N) is 3. The summed E-state index contributed by atoms with van der Waals surface area (Å²) in [6.07, 6.45) is 7.05. The summed E-state index contributed by atoms with van der Waals surface area (Å²) in [6.45, 7) is 6.69. The Morgan fingerprint density at radius 1 is 1.23 bits per heavy atom. The minimum atomic E-state index is 0.264. The molecule has 1 saturated heterocycles. The molecule has 0 spiro atoms. The molecular weight excluding hydrogens is 406 g/mol. The predicted octanol–water partition coefficient (Wildman–Crippen LogP) is 4.80. The molecule has 1 aliphatic rings. The largest absolute Gasteiger partial charge is 0.497 e. The molecule has 1 atom stereocenters. The Kier molecular flexibility index (Phi) is 6.34. The van der Waals surface area contributed by atoms with Crippen LogP contribution in [0.15, 0.2) is 66.0 Å². The molecule has 162 valence electrons. The van der Waals surface area contributed by atoms with E-state index in [2.05, 4.69) is 71.0 Å². The highest BCUT2D eigenvalue weighted by atomic mass is 32.1. The third-order valence-corrected chi connectivity index (χ3v) is 5.87. The van der Waals surface area contributed by atoms with Crippen molar-refractivity contribution in [1.29, 1.82) is 0 Å². The summed E-state index contributed by atoms with van der Waals surface area (Å²) < 4.78 is 7.27. The van der Waals surface area contributed by atoms with Crippen LogP contribution in [0.1, 0.15) is 20.3 Å². The summed E-state index contributed by atoms with van der Waals surface area (Å²) in [7, 11) is 1.64. The zero-order chi connectivity index (χ0) is 21.8. The van der Waals surface area contributed by atoms with Gasteiger partial charge in [0, 0.05) is 41.5 Å². The number of thiol groups is 1. The number of nitrogens with one attached hydrogen (secondary N) is 2. The van der Waals surface area contributed by atoms with Crippen LogP contribution < -0.4 is 10.1 Å². The molecule has 0 saturated carbocycles. The molecule has 1 aromatic carbocycles. The maximum Gasteiger partial charge on any atom is 0.119 e. The number of fused-ring (bicyclic) bond motifs is 1. The molecule has 31 heavy (non-hydrogen) atoms. The van der Waals surface area contributed by atoms with E-state index in [9.17, 15) is 0 Å². The van der Waals surface area contributed by atoms with Gasteiger partial charge < -0.3 is 14.6 Å². The van der Waals surface area contributed by atoms with E-state index in [0.29, 0.717) is 5.92 Å². The summed E-state index contributed by atoms with van der Waals surface area (Å²) >= 11 is 4.13. The van der Waals surface area contributed by atoms with Crippen LogP contribution in [0.4, 0.5) is 0 Å². The highest BCUT2D eigenvalue weighted by Gasteiger charge is 2.30. The number of rotatable bonds is 4. The second-order valence-electron chi connectivity index (χ2n) is 8.59. The number of pyridine rings is 1. The number of ether oxygens (including phenoxy) is 1. The molecular formula is C24H29N5OS. The molecule has 7 heteroatoms. The van der Waals surface area contributed by atoms with E-state index in [1.807, 2.05) is 30.5 Å². The lowest BCUT2D eigenvalue weighted by molar-refractivity contribution is 0.413. The second-order valence-corrected chi connectivity index (χ2v) is 9.11. The monoisotopic (exact) mass is 435 g/mol. The fourth-order valence-electron chi connectivity index (χ4n) is 4.09. The van der Waals surface area contributed by atoms with E-state index in [-0.39, 0.29) is 5.54 Å². The first-order valence-corrected chi connectivity index (χ1v) is 10.9. The average molecular weight is 436 g/mol. The third-order valence-electron chi connectivity index (χ3n) is 5.59. The molecule has 0 amide bonds. The first-order chi connectivity index (χ1) is 14.9. The molecule has 1 unspecified atom stereocenters. The molecule has 6 nitrogen and oxygen atoms in total. The smallest absolute Gasteiger partial charge is 0.119 e. The third kappa shape index (κ3) is 5.29. The van der Waals surface area contributed by atoms with Gasteiger partial charge in [0.1, 0.15) is 5.75 Å². The summed E-state index contributed by atoms with van der Waals surface area (Å²) in [5.74, 6) is 1.53. The van der Waals surface area contributed by atoms with E-state index in [0.717, 1.165) is 40.5 Å². The van der Waals surface area contributed by atoms with Crippen molar-refractivity contribution in [2.24, 2.45) is 5.92 Å². The van der Waals surface area contributed by atoms with Crippen molar-refractivity contribution in [2.75, 3.05) is 13.7 Å². The van der Waals surface area contributed by atoms with Crippen molar-refractivity contribution < 1.29 is 4.74 Å². The maximum absolute atomic E-state index is 4.95. The van der Waals surface area contributed by atoms with Crippen LogP contribution in [0.2, 0.25) is 0 Å². The maximum atomic E-state index is 4.95. The van der Waals surface area contributed by atoms with Gasteiger partial charge in [0.05, 0.1) is 30.0 Å². The minimum Gasteiger partial charge on any atom is -0.497 e. The first kappa shape index (κ1) is 21.5. The number of hydrogen-bond acceptors (Lipinski definition) is 5. The fourth-order valence-corrected chi connectivity index (χ4v) is 4.30. The van der Waals surface area contributed by atoms with Crippen LogP contribution in [0.5, 0.6) is 5.75 Å². The van der Waals surface area contributed by atoms with Gasteiger partial charge in [-0.1, -0.05) is 6.07 Å². The van der Waals surface area contributed by atoms with Crippen LogP contribution in [0.25, 0.3) is 22.3 Å². The van der Waals surface area contributed by atoms with Gasteiger partial charge >= 0.3 is 0 Å². The molecule has 4 aromatic rings. The van der Waals surface area contributed by atoms with E-state index in [1.54, 1.807) is 13.3 Å². The van der Waals surface area contributed by atoms with Crippen LogP contribution in [-0.4, -0.2) is 38.9 Å². The summed E-state index contributed by atoms with van der Waals surface area (Å²) in [4.78, 5) is 5.67. The number of hydrogen-bond donors (Lipinski definition) is 3. The number of H-pyrrole nitrogens is 1. The van der Waals surface area contributed by atoms with Crippen molar-refractivity contribution in [3.8, 4) is 17.0 Å². The van der Waals surface area contributed by atoms with E-state index in [4.69, 9.17) is 9.72 Å². The Balaban J connectivity index is 0.000000217. The zero-order valence-corrected chi connectivity index (χ0v) is 19.1. The van der Waals surface area contributed by atoms with Crippen molar-refractivity contribution in [1.82, 2.24) is 25.1 Å². The standard InChI is InChI=1S/C17H21N5.C7H8OS/c1-17(2)7-12(8-18-17)11-22-6-5-15-16(22)4-3-14(21-15)13-9-19-20-10-13;1-8-6-3-2-4-7(9)5-6/h3-6,9-10,12,18H,7-8,11H2,1-2H3,(H,19,20);2-5,9H,1H3. The van der Waals surface area contributed by atoms with Crippen LogP contribution in [0, 0.1) is 5.92 Å². The summed E-state index contributed by atoms with van der Waals surface area (Å²) in [5, 5.41) is 10.4. The van der Waals surface area contributed by atoms with Crippen molar-refractivity contribution >= 4 is 23.7 Å². The van der Waals surface area contributed by atoms with Crippen molar-refractivity contribution in [2.45, 2.75) is 37.2 Å². The minimum absolute atomic E-state index is 0.264. The molecule has 3 aromatic heterocycles. The van der Waals surface area contributed by atoms with Gasteiger partial charge in [-0.3, -0.25) is 5.10 Å². The normalized spacial score (nSPS) is 17.4. The fraction of sp³-hybridized carbons (Fsp3) is 0.333. The average Bonchev–Trinajstić information content (AvgIpc) is 3.49. The van der Waals surface area contributed by atoms with Crippen LogP contribution in [-0.2, 0) is 6.54 Å². The number of methoxy groups -OCH3 is 1. The SMILES string of the molecule is CC1(C)CC(Cn2ccc3nc(-c4cn[nH]c4)ccc32)CN1.COc1cccc(S)c1. The van der Waals surface area contributed by atoms with Gasteiger partial charge in [-0.05, 0) is 62.6 Å². The lowest BCUT2D eigenvalue weighted by Gasteiger charge is -2.17. The lowest BCUT2D eigenvalue weighted by Crippen LogP contribution is -2.31. The molecule has 4 heterocycles. The van der Waals surface area contributed by atoms with Gasteiger partial charge in [-0.25, -0.2) is 4.98 Å². The van der Waals surface area contributed by atoms with Gasteiger partial charge in [-0.15, -0.1) is 12.6 Å². The van der Waals surface area contributed by atoms with Gasteiger partial charge in [0.15, 0.2) is 0 Å². The first-order valence-electron chi connectivity index (χ1n) is 10.5. The second kappa shape index (κ2) is 9.16. The topological polar surface area (TPSA) is 67.8 Å². The van der Waals surface area contributed by atoms with Gasteiger partial charge in [-0.2, -0.15) is 5.10 Å². The number of benzene rings is 1. The molecule has 1 fully saturated rings. The number of aromatic nitrogens is 4. The van der Waals surface area contributed by atoms with E-state index < -0.39 is 0 Å². The Labute approximate surface area is 188 Å². The highest BCUT2D eigenvalue weighted by Crippen LogP contribution is 2.27. The van der Waals surface area contributed by atoms with E-state index >= 15 is 0 Å². The Morgan fingerprint density at radius 2 is 2.10 bits per heavy atom. The Morgan fingerprint density at radius 3 is 2.74 bits per heavy atom. The number of aromatic amines is 1. The highest BCUT2D eigenvalue weighted by molar-refractivity contribution is 7.80. The van der Waals surface area contributed by atoms with Gasteiger partial charge in [0.2, 0.25) is 0 Å². The molecule has 1 aliphatic heterocycles. The van der Waals surface area contributed by atoms with Crippen molar-refractivity contribution in [3.05, 3.63) is 61.1 Å². The van der Waals surface area contributed by atoms with E-state index in [1.165, 1.54) is 11.9 Å². The Hall–Kier alpha value is -2.77. The summed E-state index contributed by atoms with van der Waals surface area (Å²) in [5.41, 5.74) is 4.50. The molecule has 2 N–H and O–H groups in total. The van der Waals surface area contributed by atoms with Crippen molar-refractivity contribution in [3.63, 3.8) is 0 Å². The molecule has 0 bridgehead atoms.